The molecule has 6 nitrogen and oxygen atoms in total. The van der Waals surface area contributed by atoms with Crippen LogP contribution in [-0.2, 0) is 33.6 Å². The van der Waals surface area contributed by atoms with E-state index in [4.69, 9.17) is 23.9 Å². The molecule has 37 heavy (non-hydrogen) atoms. The quantitative estimate of drug-likeness (QED) is 0.443. The van der Waals surface area contributed by atoms with Crippen LogP contribution >= 0.6 is 0 Å². The number of nitrogens with zero attached hydrogens (tertiary/aromatic N) is 2. The van der Waals surface area contributed by atoms with E-state index >= 15 is 0 Å². The highest BCUT2D eigenvalue weighted by Gasteiger charge is 2.52. The monoisotopic (exact) mass is 500 g/mol. The molecule has 0 aromatic heterocycles. The van der Waals surface area contributed by atoms with Crippen molar-refractivity contribution in [2.24, 2.45) is 4.99 Å². The van der Waals surface area contributed by atoms with E-state index in [0.29, 0.717) is 12.6 Å². The second kappa shape index (κ2) is 11.0. The van der Waals surface area contributed by atoms with Crippen LogP contribution in [0.3, 0.4) is 0 Å². The fourth-order valence-corrected chi connectivity index (χ4v) is 5.44. The van der Waals surface area contributed by atoms with E-state index in [1.165, 1.54) is 11.1 Å². The van der Waals surface area contributed by atoms with Gasteiger partial charge in [0.05, 0.1) is 26.3 Å². The molecular formula is C31H36N2O4. The zero-order valence-corrected chi connectivity index (χ0v) is 22.0. The molecule has 0 unspecified atom stereocenters. The van der Waals surface area contributed by atoms with Gasteiger partial charge in [0.15, 0.2) is 5.79 Å². The highest BCUT2D eigenvalue weighted by Crippen LogP contribution is 2.38. The fraction of sp³-hybridized carbons (Fsp3) is 0.387. The zero-order chi connectivity index (χ0) is 25.8. The van der Waals surface area contributed by atoms with E-state index in [-0.39, 0.29) is 24.3 Å². The van der Waals surface area contributed by atoms with Gasteiger partial charge in [0.25, 0.3) is 6.02 Å². The van der Waals surface area contributed by atoms with Crippen LogP contribution in [0.15, 0.2) is 89.9 Å². The summed E-state index contributed by atoms with van der Waals surface area (Å²) in [6.45, 7) is 4.59. The van der Waals surface area contributed by atoms with E-state index in [2.05, 4.69) is 65.6 Å². The van der Waals surface area contributed by atoms with Crippen LogP contribution in [0.5, 0.6) is 5.75 Å². The predicted octanol–water partition coefficient (Wildman–Crippen LogP) is 5.26. The molecule has 1 fully saturated rings. The molecule has 0 bridgehead atoms. The highest BCUT2D eigenvalue weighted by molar-refractivity contribution is 5.75. The smallest absolute Gasteiger partial charge is 0.288 e. The molecule has 6 heteroatoms. The summed E-state index contributed by atoms with van der Waals surface area (Å²) in [4.78, 5) is 7.44. The van der Waals surface area contributed by atoms with Crippen molar-refractivity contribution in [2.75, 3.05) is 14.2 Å². The minimum Gasteiger partial charge on any atom is -0.497 e. The lowest BCUT2D eigenvalue weighted by molar-refractivity contribution is -0.153. The number of methoxy groups -OCH3 is 2. The third-order valence-corrected chi connectivity index (χ3v) is 7.09. The first kappa shape index (κ1) is 25.3. The van der Waals surface area contributed by atoms with Crippen LogP contribution in [0.2, 0.25) is 0 Å². The van der Waals surface area contributed by atoms with Gasteiger partial charge < -0.3 is 23.8 Å². The summed E-state index contributed by atoms with van der Waals surface area (Å²) >= 11 is 0. The molecule has 2 aliphatic heterocycles. The largest absolute Gasteiger partial charge is 0.497 e. The number of hydrogen-bond acceptors (Lipinski definition) is 6. The van der Waals surface area contributed by atoms with Crippen LogP contribution in [0.1, 0.15) is 30.5 Å². The van der Waals surface area contributed by atoms with Gasteiger partial charge in [-0.25, -0.2) is 4.99 Å². The number of benzene rings is 3. The molecule has 194 valence electrons. The molecular weight excluding hydrogens is 464 g/mol. The van der Waals surface area contributed by atoms with Crippen molar-refractivity contribution >= 4 is 6.02 Å². The molecule has 0 N–H and O–H groups in total. The highest BCUT2D eigenvalue weighted by atomic mass is 16.8. The lowest BCUT2D eigenvalue weighted by Gasteiger charge is -2.36. The fourth-order valence-electron chi connectivity index (χ4n) is 5.44. The van der Waals surface area contributed by atoms with Crippen LogP contribution in [0, 0.1) is 0 Å². The lowest BCUT2D eigenvalue weighted by atomic mass is 9.91. The van der Waals surface area contributed by atoms with Gasteiger partial charge in [0.1, 0.15) is 18.0 Å². The summed E-state index contributed by atoms with van der Waals surface area (Å²) < 4.78 is 24.8. The van der Waals surface area contributed by atoms with Crippen molar-refractivity contribution in [3.63, 3.8) is 0 Å². The topological polar surface area (TPSA) is 52.5 Å². The van der Waals surface area contributed by atoms with Crippen molar-refractivity contribution in [1.29, 1.82) is 0 Å². The summed E-state index contributed by atoms with van der Waals surface area (Å²) in [6, 6.07) is 29.5. The maximum Gasteiger partial charge on any atom is 0.288 e. The molecule has 0 spiro atoms. The molecule has 3 aromatic rings. The van der Waals surface area contributed by atoms with Crippen molar-refractivity contribution in [2.45, 2.75) is 63.3 Å². The Morgan fingerprint density at radius 1 is 0.757 bits per heavy atom. The summed E-state index contributed by atoms with van der Waals surface area (Å²) in [5, 5.41) is 0. The Labute approximate surface area is 219 Å². The molecule has 0 aliphatic carbocycles. The maximum atomic E-state index is 6.67. The third-order valence-electron chi connectivity index (χ3n) is 7.09. The van der Waals surface area contributed by atoms with Crippen molar-refractivity contribution in [1.82, 2.24) is 4.90 Å². The number of rotatable bonds is 7. The molecule has 0 radical (unpaired) electrons. The first-order valence-corrected chi connectivity index (χ1v) is 12.9. The minimum atomic E-state index is -0.707. The summed E-state index contributed by atoms with van der Waals surface area (Å²) in [5.74, 6) is 0.116. The Balaban J connectivity index is 1.58. The molecule has 2 heterocycles. The van der Waals surface area contributed by atoms with Gasteiger partial charge in [-0.2, -0.15) is 0 Å². The number of aliphatic imine (C=N–C) groups is 1. The second-order valence-corrected chi connectivity index (χ2v) is 10.2. The first-order chi connectivity index (χ1) is 18.0. The van der Waals surface area contributed by atoms with Crippen LogP contribution < -0.4 is 4.74 Å². The number of hydrogen-bond donors (Lipinski definition) is 0. The number of fused-ring (bicyclic) bond motifs is 1. The SMILES string of the molecule is COC1=N[C@H](Cc2ccccc2)[C@@H]2OC(C)(C)O[C@H]2[C@@H](Cc2ccccc2)N1Cc1cccc(OC)c1. The molecule has 0 saturated carbocycles. The van der Waals surface area contributed by atoms with Gasteiger partial charge in [-0.1, -0.05) is 72.8 Å². The van der Waals surface area contributed by atoms with Gasteiger partial charge in [-0.15, -0.1) is 0 Å². The Morgan fingerprint density at radius 2 is 1.38 bits per heavy atom. The lowest BCUT2D eigenvalue weighted by Crippen LogP contribution is -2.51. The van der Waals surface area contributed by atoms with Crippen LogP contribution in [-0.4, -0.2) is 55.2 Å². The predicted molar refractivity (Wildman–Crippen MR) is 145 cm³/mol. The summed E-state index contributed by atoms with van der Waals surface area (Å²) in [7, 11) is 3.39. The molecule has 4 atom stereocenters. The minimum absolute atomic E-state index is 0.0557. The van der Waals surface area contributed by atoms with Gasteiger partial charge in [-0.05, 0) is 55.5 Å². The molecule has 3 aromatic carbocycles. The molecule has 2 aliphatic rings. The van der Waals surface area contributed by atoms with Gasteiger partial charge >= 0.3 is 0 Å². The zero-order valence-electron chi connectivity index (χ0n) is 22.0. The summed E-state index contributed by atoms with van der Waals surface area (Å²) in [6.07, 6.45) is 1.08. The van der Waals surface area contributed by atoms with Crippen molar-refractivity contribution in [3.05, 3.63) is 102 Å². The number of ether oxygens (including phenoxy) is 4. The van der Waals surface area contributed by atoms with E-state index in [9.17, 15) is 0 Å². The van der Waals surface area contributed by atoms with Gasteiger partial charge in [0, 0.05) is 6.54 Å². The van der Waals surface area contributed by atoms with Gasteiger partial charge in [0.2, 0.25) is 0 Å². The Bertz CT molecular complexity index is 1200. The van der Waals surface area contributed by atoms with Gasteiger partial charge in [-0.3, -0.25) is 0 Å². The number of amidine groups is 1. The van der Waals surface area contributed by atoms with Crippen LogP contribution in [0.25, 0.3) is 0 Å². The standard InChI is InChI=1S/C31H36N2O4/c1-31(2)36-28-26(19-22-12-7-5-8-13-22)32-30(35-4)33(21-24-16-11-17-25(18-24)34-3)27(29(28)37-31)20-23-14-9-6-10-15-23/h5-18,26-29H,19-21H2,1-4H3/t26-,27-,28+,29+/m1/s1. The van der Waals surface area contributed by atoms with Crippen molar-refractivity contribution in [3.8, 4) is 5.75 Å². The van der Waals surface area contributed by atoms with E-state index in [0.717, 1.165) is 24.2 Å². The Hall–Kier alpha value is -3.35. The summed E-state index contributed by atoms with van der Waals surface area (Å²) in [5.41, 5.74) is 3.55. The molecule has 1 saturated heterocycles. The van der Waals surface area contributed by atoms with Crippen LogP contribution in [0.4, 0.5) is 0 Å². The molecule has 5 rings (SSSR count). The van der Waals surface area contributed by atoms with E-state index in [1.54, 1.807) is 14.2 Å². The average molecular weight is 501 g/mol. The van der Waals surface area contributed by atoms with Crippen molar-refractivity contribution < 1.29 is 18.9 Å². The Kier molecular flexibility index (Phi) is 7.49. The normalized spacial score (nSPS) is 24.6. The first-order valence-electron chi connectivity index (χ1n) is 12.9. The molecule has 0 amide bonds. The van der Waals surface area contributed by atoms with E-state index < -0.39 is 5.79 Å². The average Bonchev–Trinajstić information content (AvgIpc) is 3.20. The Morgan fingerprint density at radius 3 is 2.03 bits per heavy atom. The van der Waals surface area contributed by atoms with E-state index in [1.807, 2.05) is 38.1 Å². The second-order valence-electron chi connectivity index (χ2n) is 10.2. The third kappa shape index (κ3) is 5.81. The maximum absolute atomic E-state index is 6.67.